The number of hydrogen-bond acceptors (Lipinski definition) is 6. The number of rotatable bonds is 11. The van der Waals surface area contributed by atoms with E-state index in [0.29, 0.717) is 34.1 Å². The minimum atomic E-state index is -0.634. The third-order valence-electron chi connectivity index (χ3n) is 7.48. The van der Waals surface area contributed by atoms with Crippen molar-refractivity contribution in [2.75, 3.05) is 20.3 Å². The average Bonchev–Trinajstić information content (AvgIpc) is 3.07. The summed E-state index contributed by atoms with van der Waals surface area (Å²) in [5.74, 6) is -1.07. The Hall–Kier alpha value is -5.50. The molecular weight excluding hydrogens is 554 g/mol. The molecule has 4 aromatic carbocycles. The summed E-state index contributed by atoms with van der Waals surface area (Å²) in [6, 6.07) is 32.7. The number of carbonyl (C=O) groups excluding carboxylic acids is 3. The number of para-hydroxylation sites is 1. The summed E-state index contributed by atoms with van der Waals surface area (Å²) in [6.45, 7) is 2.28. The highest BCUT2D eigenvalue weighted by Gasteiger charge is 2.27. The zero-order valence-corrected chi connectivity index (χ0v) is 24.6. The molecule has 1 aromatic heterocycles. The minimum Gasteiger partial charge on any atom is -0.489 e. The van der Waals surface area contributed by atoms with Gasteiger partial charge in [0.2, 0.25) is 0 Å². The maximum atomic E-state index is 14.0. The van der Waals surface area contributed by atoms with E-state index in [0.717, 1.165) is 11.1 Å². The monoisotopic (exact) mass is 587 g/mol. The lowest BCUT2D eigenvalue weighted by atomic mass is 10.0. The van der Waals surface area contributed by atoms with Crippen LogP contribution in [0.1, 0.15) is 56.0 Å². The van der Waals surface area contributed by atoms with Crippen LogP contribution in [0.3, 0.4) is 0 Å². The second kappa shape index (κ2) is 13.6. The molecule has 0 saturated heterocycles. The fraction of sp³-hybridized carbons (Fsp3) is 0.167. The van der Waals surface area contributed by atoms with Crippen LogP contribution in [0.15, 0.2) is 109 Å². The predicted molar refractivity (Wildman–Crippen MR) is 169 cm³/mol. The van der Waals surface area contributed by atoms with Crippen LogP contribution in [0.2, 0.25) is 0 Å². The van der Waals surface area contributed by atoms with Crippen LogP contribution in [0.4, 0.5) is 0 Å². The van der Waals surface area contributed by atoms with E-state index in [4.69, 9.17) is 20.2 Å². The molecule has 0 aliphatic heterocycles. The molecule has 222 valence electrons. The third kappa shape index (κ3) is 6.29. The Balaban J connectivity index is 1.52. The number of methoxy groups -OCH3 is 1. The maximum absolute atomic E-state index is 14.0. The number of pyridine rings is 1. The second-order valence-corrected chi connectivity index (χ2v) is 10.2. The Morgan fingerprint density at radius 1 is 0.818 bits per heavy atom. The Bertz CT molecular complexity index is 1770. The van der Waals surface area contributed by atoms with Crippen LogP contribution >= 0.6 is 0 Å². The van der Waals surface area contributed by atoms with E-state index in [1.54, 1.807) is 35.2 Å². The second-order valence-electron chi connectivity index (χ2n) is 10.2. The number of benzene rings is 4. The van der Waals surface area contributed by atoms with Crippen LogP contribution < -0.4 is 10.5 Å². The van der Waals surface area contributed by atoms with E-state index in [-0.39, 0.29) is 36.4 Å². The largest absolute Gasteiger partial charge is 0.489 e. The number of nitrogens with two attached hydrogens (primary N) is 1. The van der Waals surface area contributed by atoms with Crippen molar-refractivity contribution in [2.24, 2.45) is 5.73 Å². The SMILES string of the molecule is CC[C@@H](c1ccccc1)N(CCOc1c(-c2ccccc2)nc2ccccc2c1C(N)=O)C(=O)c1ccc(C(=O)OC)cc1. The van der Waals surface area contributed by atoms with Crippen LogP contribution in [0.25, 0.3) is 22.2 Å². The molecule has 5 rings (SSSR count). The van der Waals surface area contributed by atoms with Crippen LogP contribution in [-0.4, -0.2) is 47.9 Å². The van der Waals surface area contributed by atoms with E-state index in [2.05, 4.69) is 0 Å². The standard InChI is InChI=1S/C36H33N3O5/c1-3-30(24-12-6-4-7-13-24)39(35(41)26-18-20-27(21-19-26)36(42)43-2)22-23-44-33-31(34(37)40)28-16-10-11-17-29(28)38-32(33)25-14-8-5-9-15-25/h4-21,30H,3,22-23H2,1-2H3,(H2,37,40)/t30-/m0/s1. The van der Waals surface area contributed by atoms with Crippen molar-refractivity contribution in [1.82, 2.24) is 9.88 Å². The molecule has 8 nitrogen and oxygen atoms in total. The van der Waals surface area contributed by atoms with Crippen LogP contribution in [0, 0.1) is 0 Å². The summed E-state index contributed by atoms with van der Waals surface area (Å²) in [4.78, 5) is 45.4. The molecule has 1 atom stereocenters. The highest BCUT2D eigenvalue weighted by molar-refractivity contribution is 6.09. The Morgan fingerprint density at radius 3 is 2.07 bits per heavy atom. The number of aromatic nitrogens is 1. The summed E-state index contributed by atoms with van der Waals surface area (Å²) in [5, 5.41) is 0.587. The molecule has 0 aliphatic carbocycles. The third-order valence-corrected chi connectivity index (χ3v) is 7.48. The molecular formula is C36H33N3O5. The lowest BCUT2D eigenvalue weighted by Gasteiger charge is -2.32. The van der Waals surface area contributed by atoms with Crippen molar-refractivity contribution >= 4 is 28.7 Å². The average molecular weight is 588 g/mol. The van der Waals surface area contributed by atoms with Crippen molar-refractivity contribution in [2.45, 2.75) is 19.4 Å². The van der Waals surface area contributed by atoms with Gasteiger partial charge in [0.05, 0.1) is 36.3 Å². The van der Waals surface area contributed by atoms with E-state index in [9.17, 15) is 14.4 Å². The van der Waals surface area contributed by atoms with Crippen molar-refractivity contribution in [3.8, 4) is 17.0 Å². The molecule has 0 spiro atoms. The minimum absolute atomic E-state index is 0.0649. The van der Waals surface area contributed by atoms with Gasteiger partial charge in [0, 0.05) is 16.5 Å². The Kier molecular flexibility index (Phi) is 9.30. The van der Waals surface area contributed by atoms with Gasteiger partial charge in [-0.15, -0.1) is 0 Å². The molecule has 0 aliphatic rings. The van der Waals surface area contributed by atoms with Crippen molar-refractivity contribution in [1.29, 1.82) is 0 Å². The number of nitrogens with zero attached hydrogens (tertiary/aromatic N) is 2. The van der Waals surface area contributed by atoms with E-state index in [1.807, 2.05) is 85.8 Å². The molecule has 2 N–H and O–H groups in total. The quantitative estimate of drug-likeness (QED) is 0.178. The number of carbonyl (C=O) groups is 3. The normalized spacial score (nSPS) is 11.5. The highest BCUT2D eigenvalue weighted by atomic mass is 16.5. The Labute approximate surface area is 256 Å². The zero-order chi connectivity index (χ0) is 31.1. The fourth-order valence-corrected chi connectivity index (χ4v) is 5.36. The van der Waals surface area contributed by atoms with Gasteiger partial charge in [0.1, 0.15) is 12.3 Å². The molecule has 5 aromatic rings. The number of esters is 1. The van der Waals surface area contributed by atoms with Crippen LogP contribution in [-0.2, 0) is 4.74 Å². The van der Waals surface area contributed by atoms with E-state index in [1.165, 1.54) is 7.11 Å². The number of primary amides is 1. The lowest BCUT2D eigenvalue weighted by molar-refractivity contribution is 0.0597. The van der Waals surface area contributed by atoms with Crippen molar-refractivity contribution in [3.63, 3.8) is 0 Å². The first-order valence-corrected chi connectivity index (χ1v) is 14.4. The topological polar surface area (TPSA) is 112 Å². The van der Waals surface area contributed by atoms with Crippen molar-refractivity contribution < 1.29 is 23.9 Å². The summed E-state index contributed by atoms with van der Waals surface area (Å²) in [7, 11) is 1.31. The zero-order valence-electron chi connectivity index (χ0n) is 24.6. The number of ether oxygens (including phenoxy) is 2. The number of amides is 2. The molecule has 1 heterocycles. The molecule has 0 saturated carbocycles. The van der Waals surface area contributed by atoms with Gasteiger partial charge in [-0.1, -0.05) is 85.8 Å². The predicted octanol–water partition coefficient (Wildman–Crippen LogP) is 6.46. The summed E-state index contributed by atoms with van der Waals surface area (Å²) >= 11 is 0. The summed E-state index contributed by atoms with van der Waals surface area (Å²) < 4.78 is 11.2. The first-order valence-electron chi connectivity index (χ1n) is 14.4. The fourth-order valence-electron chi connectivity index (χ4n) is 5.36. The van der Waals surface area contributed by atoms with Gasteiger partial charge in [-0.05, 0) is 42.3 Å². The van der Waals surface area contributed by atoms with Crippen LogP contribution in [0.5, 0.6) is 5.75 Å². The Morgan fingerprint density at radius 2 is 1.43 bits per heavy atom. The molecule has 0 fully saturated rings. The van der Waals surface area contributed by atoms with Gasteiger partial charge >= 0.3 is 5.97 Å². The summed E-state index contributed by atoms with van der Waals surface area (Å²) in [6.07, 6.45) is 0.648. The first kappa shape index (κ1) is 30.0. The van der Waals surface area contributed by atoms with Gasteiger partial charge in [-0.25, -0.2) is 9.78 Å². The molecule has 0 radical (unpaired) electrons. The van der Waals surface area contributed by atoms with Gasteiger partial charge in [-0.3, -0.25) is 9.59 Å². The van der Waals surface area contributed by atoms with E-state index < -0.39 is 11.9 Å². The van der Waals surface area contributed by atoms with Gasteiger partial charge in [0.15, 0.2) is 5.75 Å². The molecule has 0 bridgehead atoms. The van der Waals surface area contributed by atoms with Crippen molar-refractivity contribution in [3.05, 3.63) is 131 Å². The van der Waals surface area contributed by atoms with E-state index >= 15 is 0 Å². The first-order chi connectivity index (χ1) is 21.4. The van der Waals surface area contributed by atoms with Gasteiger partial charge < -0.3 is 20.1 Å². The lowest BCUT2D eigenvalue weighted by Crippen LogP contribution is -2.38. The van der Waals surface area contributed by atoms with Gasteiger partial charge in [-0.2, -0.15) is 0 Å². The molecule has 8 heteroatoms. The summed E-state index contributed by atoms with van der Waals surface area (Å²) in [5.41, 5.74) is 9.79. The highest BCUT2D eigenvalue weighted by Crippen LogP contribution is 2.36. The number of hydrogen-bond donors (Lipinski definition) is 1. The molecule has 2 amide bonds. The number of fused-ring (bicyclic) bond motifs is 1. The molecule has 0 unspecified atom stereocenters. The van der Waals surface area contributed by atoms with Gasteiger partial charge in [0.25, 0.3) is 11.8 Å². The molecule has 44 heavy (non-hydrogen) atoms. The maximum Gasteiger partial charge on any atom is 0.337 e. The smallest absolute Gasteiger partial charge is 0.337 e.